The molecule has 8 aromatic carbocycles. The molecular formula is C51H32N4O. The molecule has 2 aromatic heterocycles. The minimum absolute atomic E-state index is 0.136. The first-order valence-corrected chi connectivity index (χ1v) is 19.1. The summed E-state index contributed by atoms with van der Waals surface area (Å²) in [6.45, 7) is 0. The number of hydrogen-bond acceptors (Lipinski definition) is 5. The number of aromatic nitrogens is 3. The van der Waals surface area contributed by atoms with Crippen LogP contribution in [0, 0.1) is 0 Å². The van der Waals surface area contributed by atoms with Gasteiger partial charge in [-0.25, -0.2) is 15.0 Å². The summed E-state index contributed by atoms with van der Waals surface area (Å²) in [4.78, 5) is 17.5. The number of benzene rings is 8. The van der Waals surface area contributed by atoms with E-state index in [9.17, 15) is 0 Å². The number of anilines is 2. The summed E-state index contributed by atoms with van der Waals surface area (Å²) in [5.41, 5.74) is 8.26. The standard InChI is InChI=1S/C51H32N4O/c1-3-12-33(13-4-1)49-52-50(34-14-5-2-6-15-34)54-51(53-49)37-22-25-45-42(28-37)48-40-30-38(23-19-32(40)21-26-46(48)56-45)55-43-24-20-31-11-9-10-18-39(31)47(43)41-27-35-16-7-8-17-36(35)29-44(41)55/h1-30,41,44H. The molecule has 2 atom stereocenters. The van der Waals surface area contributed by atoms with Crippen LogP contribution in [0.5, 0.6) is 0 Å². The predicted octanol–water partition coefficient (Wildman–Crippen LogP) is 11.0. The average molecular weight is 717 g/mol. The number of rotatable bonds is 4. The molecule has 12 rings (SSSR count). The zero-order chi connectivity index (χ0) is 36.7. The van der Waals surface area contributed by atoms with Gasteiger partial charge in [0.1, 0.15) is 11.2 Å². The van der Waals surface area contributed by atoms with E-state index in [-0.39, 0.29) is 12.0 Å². The maximum atomic E-state index is 6.55. The van der Waals surface area contributed by atoms with E-state index in [1.807, 2.05) is 66.7 Å². The van der Waals surface area contributed by atoms with Gasteiger partial charge < -0.3 is 9.32 Å². The fourth-order valence-electron chi connectivity index (χ4n) is 9.01. The molecule has 56 heavy (non-hydrogen) atoms. The van der Waals surface area contributed by atoms with Crippen LogP contribution in [0.4, 0.5) is 11.4 Å². The molecule has 0 fully saturated rings. The molecule has 5 nitrogen and oxygen atoms in total. The van der Waals surface area contributed by atoms with Gasteiger partial charge in [0.25, 0.3) is 0 Å². The van der Waals surface area contributed by atoms with Crippen molar-refractivity contribution >= 4 is 67.0 Å². The lowest BCUT2D eigenvalue weighted by Gasteiger charge is -2.29. The Labute approximate surface area is 322 Å². The largest absolute Gasteiger partial charge is 0.456 e. The summed E-state index contributed by atoms with van der Waals surface area (Å²) < 4.78 is 6.55. The molecule has 0 amide bonds. The summed E-state index contributed by atoms with van der Waals surface area (Å²) in [6.07, 6.45) is 4.93. The molecule has 262 valence electrons. The zero-order valence-electron chi connectivity index (χ0n) is 30.2. The average Bonchev–Trinajstić information content (AvgIpc) is 3.81. The number of furan rings is 1. The van der Waals surface area contributed by atoms with Crippen molar-refractivity contribution in [1.29, 1.82) is 0 Å². The van der Waals surface area contributed by atoms with Gasteiger partial charge in [-0.05, 0) is 80.0 Å². The molecule has 3 heterocycles. The highest BCUT2D eigenvalue weighted by Crippen LogP contribution is 2.51. The third kappa shape index (κ3) is 4.77. The molecule has 5 heteroatoms. The van der Waals surface area contributed by atoms with Crippen molar-refractivity contribution in [2.24, 2.45) is 0 Å². The molecule has 10 aromatic rings. The quantitative estimate of drug-likeness (QED) is 0.181. The molecule has 0 radical (unpaired) electrons. The fraction of sp³-hybridized carbons (Fsp3) is 0.0392. The maximum absolute atomic E-state index is 6.55. The Morgan fingerprint density at radius 2 is 1.05 bits per heavy atom. The van der Waals surface area contributed by atoms with Gasteiger partial charge in [-0.15, -0.1) is 0 Å². The third-order valence-electron chi connectivity index (χ3n) is 11.6. The van der Waals surface area contributed by atoms with Gasteiger partial charge in [0.15, 0.2) is 17.5 Å². The van der Waals surface area contributed by atoms with Crippen LogP contribution in [0.25, 0.3) is 89.8 Å². The minimum atomic E-state index is 0.136. The van der Waals surface area contributed by atoms with Crippen LogP contribution in [0.1, 0.15) is 11.5 Å². The summed E-state index contributed by atoms with van der Waals surface area (Å²) in [5, 5.41) is 9.56. The van der Waals surface area contributed by atoms with E-state index in [0.717, 1.165) is 55.1 Å². The highest BCUT2D eigenvalue weighted by atomic mass is 16.3. The van der Waals surface area contributed by atoms with Crippen LogP contribution in [0.3, 0.4) is 0 Å². The Bertz CT molecular complexity index is 3280. The molecule has 0 spiro atoms. The molecule has 0 N–H and O–H groups in total. The SMILES string of the molecule is C1=c2ccccc2=CC2C1c1c(ccc3ccccc13)N2c1ccc2ccc3oc4ccc(-c5nc(-c6ccccc6)nc(-c6ccccc6)n5)cc4c3c2c1. The second-order valence-electron chi connectivity index (χ2n) is 14.8. The summed E-state index contributed by atoms with van der Waals surface area (Å²) in [6, 6.07) is 59.9. The van der Waals surface area contributed by atoms with Gasteiger partial charge in [-0.3, -0.25) is 0 Å². The second kappa shape index (κ2) is 12.1. The van der Waals surface area contributed by atoms with Crippen LogP contribution < -0.4 is 15.3 Å². The summed E-state index contributed by atoms with van der Waals surface area (Å²) in [7, 11) is 0. The van der Waals surface area contributed by atoms with Crippen molar-refractivity contribution in [3.8, 4) is 34.2 Å². The van der Waals surface area contributed by atoms with Gasteiger partial charge in [-0.2, -0.15) is 0 Å². The monoisotopic (exact) mass is 716 g/mol. The molecule has 2 aliphatic rings. The topological polar surface area (TPSA) is 55.1 Å². The number of nitrogens with zero attached hydrogens (tertiary/aromatic N) is 4. The van der Waals surface area contributed by atoms with E-state index in [1.54, 1.807) is 0 Å². The highest BCUT2D eigenvalue weighted by Gasteiger charge is 2.39. The molecular weight excluding hydrogens is 685 g/mol. The Hall–Kier alpha value is -7.37. The molecule has 1 aliphatic carbocycles. The van der Waals surface area contributed by atoms with Crippen LogP contribution in [0.15, 0.2) is 174 Å². The lowest BCUT2D eigenvalue weighted by atomic mass is 9.87. The Morgan fingerprint density at radius 3 is 1.82 bits per heavy atom. The van der Waals surface area contributed by atoms with Crippen LogP contribution >= 0.6 is 0 Å². The van der Waals surface area contributed by atoms with Crippen LogP contribution in [-0.4, -0.2) is 21.0 Å². The van der Waals surface area contributed by atoms with Crippen molar-refractivity contribution in [3.05, 3.63) is 186 Å². The smallest absolute Gasteiger partial charge is 0.164 e. The van der Waals surface area contributed by atoms with Crippen LogP contribution in [-0.2, 0) is 0 Å². The fourth-order valence-corrected chi connectivity index (χ4v) is 9.01. The molecule has 0 bridgehead atoms. The van der Waals surface area contributed by atoms with Crippen molar-refractivity contribution < 1.29 is 4.42 Å². The second-order valence-corrected chi connectivity index (χ2v) is 14.8. The first-order valence-electron chi connectivity index (χ1n) is 19.1. The zero-order valence-corrected chi connectivity index (χ0v) is 30.2. The minimum Gasteiger partial charge on any atom is -0.456 e. The van der Waals surface area contributed by atoms with Gasteiger partial charge >= 0.3 is 0 Å². The van der Waals surface area contributed by atoms with E-state index >= 15 is 0 Å². The van der Waals surface area contributed by atoms with Crippen molar-refractivity contribution in [2.45, 2.75) is 12.0 Å². The van der Waals surface area contributed by atoms with Crippen molar-refractivity contribution in [3.63, 3.8) is 0 Å². The maximum Gasteiger partial charge on any atom is 0.164 e. The van der Waals surface area contributed by atoms with Gasteiger partial charge in [0.05, 0.1) is 6.04 Å². The molecule has 0 saturated heterocycles. The summed E-state index contributed by atoms with van der Waals surface area (Å²) >= 11 is 0. The molecule has 1 aliphatic heterocycles. The van der Waals surface area contributed by atoms with E-state index in [0.29, 0.717) is 17.5 Å². The van der Waals surface area contributed by atoms with E-state index in [1.165, 1.54) is 32.5 Å². The van der Waals surface area contributed by atoms with Gasteiger partial charge in [0.2, 0.25) is 0 Å². The Morgan fingerprint density at radius 1 is 0.446 bits per heavy atom. The van der Waals surface area contributed by atoms with Crippen LogP contribution in [0.2, 0.25) is 0 Å². The number of hydrogen-bond donors (Lipinski definition) is 0. The first-order chi connectivity index (χ1) is 27.7. The van der Waals surface area contributed by atoms with Gasteiger partial charge in [-0.1, -0.05) is 140 Å². The highest BCUT2D eigenvalue weighted by molar-refractivity contribution is 6.20. The lowest BCUT2D eigenvalue weighted by Crippen LogP contribution is -2.38. The third-order valence-corrected chi connectivity index (χ3v) is 11.6. The first kappa shape index (κ1) is 31.0. The normalized spacial score (nSPS) is 15.8. The Kier molecular flexibility index (Phi) is 6.69. The lowest BCUT2D eigenvalue weighted by molar-refractivity contribution is 0.669. The van der Waals surface area contributed by atoms with E-state index in [4.69, 9.17) is 19.4 Å². The van der Waals surface area contributed by atoms with Crippen molar-refractivity contribution in [1.82, 2.24) is 15.0 Å². The Balaban J connectivity index is 1.06. The van der Waals surface area contributed by atoms with E-state index < -0.39 is 0 Å². The predicted molar refractivity (Wildman–Crippen MR) is 228 cm³/mol. The number of fused-ring (bicyclic) bond motifs is 11. The van der Waals surface area contributed by atoms with E-state index in [2.05, 4.69) is 120 Å². The van der Waals surface area contributed by atoms with Gasteiger partial charge in [0, 0.05) is 44.8 Å². The summed E-state index contributed by atoms with van der Waals surface area (Å²) in [5.74, 6) is 2.11. The molecule has 0 saturated carbocycles. The van der Waals surface area contributed by atoms with Crippen molar-refractivity contribution in [2.75, 3.05) is 4.90 Å². The molecule has 2 unspecified atom stereocenters.